The van der Waals surface area contributed by atoms with Gasteiger partial charge in [0, 0.05) is 23.1 Å². The first-order valence-electron chi connectivity index (χ1n) is 15.4. The van der Waals surface area contributed by atoms with Crippen molar-refractivity contribution in [2.45, 2.75) is 44.1 Å². The molecule has 0 unspecified atom stereocenters. The first kappa shape index (κ1) is 28.4. The molecule has 8 nitrogen and oxygen atoms in total. The second kappa shape index (κ2) is 11.7. The molecule has 0 bridgehead atoms. The molecule has 230 valence electrons. The van der Waals surface area contributed by atoms with Crippen LogP contribution in [0.5, 0.6) is 23.0 Å². The van der Waals surface area contributed by atoms with E-state index in [1.807, 2.05) is 42.5 Å². The van der Waals surface area contributed by atoms with Crippen molar-refractivity contribution in [1.29, 1.82) is 0 Å². The average molecular weight is 669 g/mol. The molecule has 0 radical (unpaired) electrons. The molecule has 4 aromatic carbocycles. The first-order valence-corrected chi connectivity index (χ1v) is 16.2. The number of likely N-dealkylation sites (tertiary alicyclic amines) is 1. The topological polar surface area (TPSA) is 76.0 Å². The van der Waals surface area contributed by atoms with Crippen LogP contribution in [0.15, 0.2) is 88.5 Å². The second-order valence-corrected chi connectivity index (χ2v) is 12.9. The number of phenolic OH excluding ortho intramolecular Hbond substituents is 1. The lowest BCUT2D eigenvalue weighted by atomic mass is 9.77. The van der Waals surface area contributed by atoms with Crippen molar-refractivity contribution in [1.82, 2.24) is 9.80 Å². The highest BCUT2D eigenvalue weighted by atomic mass is 79.9. The van der Waals surface area contributed by atoms with Gasteiger partial charge < -0.3 is 24.2 Å². The number of benzene rings is 4. The molecule has 1 fully saturated rings. The Labute approximate surface area is 270 Å². The van der Waals surface area contributed by atoms with Gasteiger partial charge in [0.15, 0.2) is 29.2 Å². The zero-order chi connectivity index (χ0) is 30.5. The Morgan fingerprint density at radius 1 is 0.911 bits per heavy atom. The van der Waals surface area contributed by atoms with Gasteiger partial charge in [-0.3, -0.25) is 4.90 Å². The maximum Gasteiger partial charge on any atom is 0.231 e. The molecular formula is C36H34BrN3O5. The number of nitrogens with zero attached hydrogens (tertiary/aromatic N) is 3. The quantitative estimate of drug-likeness (QED) is 0.229. The van der Waals surface area contributed by atoms with E-state index in [0.29, 0.717) is 12.3 Å². The largest absolute Gasteiger partial charge is 0.504 e. The Hall–Kier alpha value is -4.05. The van der Waals surface area contributed by atoms with Crippen LogP contribution in [0.1, 0.15) is 58.2 Å². The SMILES string of the molecule is COc1cc2c(cc1O)[C@H]1C(c3ccccc3)=NO[C@H]1N(Cc1cc3c(cc1Br)OCO3)[C@@H]2c1ccc(CN2CCCC2)cc1. The molecule has 0 aliphatic carbocycles. The summed E-state index contributed by atoms with van der Waals surface area (Å²) in [5.74, 6) is 1.75. The summed E-state index contributed by atoms with van der Waals surface area (Å²) in [6.07, 6.45) is 2.11. The van der Waals surface area contributed by atoms with Crippen molar-refractivity contribution in [3.8, 4) is 23.0 Å². The van der Waals surface area contributed by atoms with Gasteiger partial charge in [0.05, 0.1) is 24.8 Å². The highest BCUT2D eigenvalue weighted by molar-refractivity contribution is 9.10. The molecule has 9 heteroatoms. The second-order valence-electron chi connectivity index (χ2n) is 12.1. The summed E-state index contributed by atoms with van der Waals surface area (Å²) in [4.78, 5) is 11.3. The van der Waals surface area contributed by atoms with Crippen LogP contribution in [0.4, 0.5) is 0 Å². The minimum atomic E-state index is -0.424. The number of phenols is 1. The van der Waals surface area contributed by atoms with Crippen molar-refractivity contribution >= 4 is 21.6 Å². The Morgan fingerprint density at radius 3 is 2.42 bits per heavy atom. The van der Waals surface area contributed by atoms with Gasteiger partial charge in [0.1, 0.15) is 0 Å². The summed E-state index contributed by atoms with van der Waals surface area (Å²) in [5.41, 5.74) is 7.31. The molecule has 0 amide bonds. The zero-order valence-corrected chi connectivity index (χ0v) is 26.6. The Balaban J connectivity index is 1.26. The molecule has 4 aliphatic heterocycles. The van der Waals surface area contributed by atoms with Crippen molar-refractivity contribution in [2.24, 2.45) is 5.16 Å². The predicted octanol–water partition coefficient (Wildman–Crippen LogP) is 6.94. The summed E-state index contributed by atoms with van der Waals surface area (Å²) >= 11 is 3.80. The first-order chi connectivity index (χ1) is 22.1. The van der Waals surface area contributed by atoms with E-state index in [1.54, 1.807) is 7.11 Å². The third kappa shape index (κ3) is 5.13. The summed E-state index contributed by atoms with van der Waals surface area (Å²) in [6.45, 7) is 4.02. The van der Waals surface area contributed by atoms with Gasteiger partial charge in [-0.1, -0.05) is 75.7 Å². The molecule has 4 aliphatic rings. The van der Waals surface area contributed by atoms with Gasteiger partial charge in [-0.05, 0) is 78.0 Å². The van der Waals surface area contributed by atoms with E-state index in [-0.39, 0.29) is 24.5 Å². The Kier molecular flexibility index (Phi) is 7.40. The normalized spacial score (nSPS) is 22.1. The summed E-state index contributed by atoms with van der Waals surface area (Å²) in [5, 5.41) is 15.7. The molecule has 45 heavy (non-hydrogen) atoms. The van der Waals surface area contributed by atoms with Gasteiger partial charge in [-0.2, -0.15) is 0 Å². The molecule has 3 atom stereocenters. The number of ether oxygens (including phenoxy) is 3. The van der Waals surface area contributed by atoms with Crippen LogP contribution < -0.4 is 14.2 Å². The van der Waals surface area contributed by atoms with Crippen molar-refractivity contribution in [2.75, 3.05) is 27.0 Å². The number of fused-ring (bicyclic) bond motifs is 4. The predicted molar refractivity (Wildman–Crippen MR) is 174 cm³/mol. The highest BCUT2D eigenvalue weighted by Crippen LogP contribution is 2.51. The van der Waals surface area contributed by atoms with Crippen molar-refractivity contribution in [3.05, 3.63) is 117 Å². The van der Waals surface area contributed by atoms with Crippen LogP contribution in [-0.2, 0) is 17.9 Å². The minimum Gasteiger partial charge on any atom is -0.504 e. The van der Waals surface area contributed by atoms with Crippen LogP contribution in [0.2, 0.25) is 0 Å². The fourth-order valence-electron chi connectivity index (χ4n) is 7.19. The van der Waals surface area contributed by atoms with Crippen LogP contribution >= 0.6 is 15.9 Å². The van der Waals surface area contributed by atoms with E-state index < -0.39 is 6.23 Å². The molecule has 1 N–H and O–H groups in total. The van der Waals surface area contributed by atoms with E-state index in [9.17, 15) is 5.11 Å². The third-order valence-electron chi connectivity index (χ3n) is 9.38. The van der Waals surface area contributed by atoms with Gasteiger partial charge in [-0.15, -0.1) is 0 Å². The van der Waals surface area contributed by atoms with Gasteiger partial charge in [-0.25, -0.2) is 4.90 Å². The molecule has 8 rings (SSSR count). The average Bonchev–Trinajstić information content (AvgIpc) is 3.84. The number of aromatic hydroxyl groups is 1. The summed E-state index contributed by atoms with van der Waals surface area (Å²) in [6, 6.07) is 26.7. The number of hydrogen-bond acceptors (Lipinski definition) is 8. The van der Waals surface area contributed by atoms with E-state index in [1.165, 1.54) is 18.4 Å². The fourth-order valence-corrected chi connectivity index (χ4v) is 7.63. The number of oxime groups is 1. The minimum absolute atomic E-state index is 0.0981. The van der Waals surface area contributed by atoms with Gasteiger partial charge in [0.25, 0.3) is 0 Å². The summed E-state index contributed by atoms with van der Waals surface area (Å²) < 4.78 is 18.0. The van der Waals surface area contributed by atoms with Crippen LogP contribution in [0.25, 0.3) is 0 Å². The van der Waals surface area contributed by atoms with E-state index in [4.69, 9.17) is 24.2 Å². The molecule has 4 aromatic rings. The molecule has 0 saturated carbocycles. The third-order valence-corrected chi connectivity index (χ3v) is 10.1. The Morgan fingerprint density at radius 2 is 1.67 bits per heavy atom. The highest BCUT2D eigenvalue weighted by Gasteiger charge is 2.49. The maximum atomic E-state index is 11.0. The van der Waals surface area contributed by atoms with Gasteiger partial charge >= 0.3 is 0 Å². The molecular weight excluding hydrogens is 634 g/mol. The zero-order valence-electron chi connectivity index (χ0n) is 25.0. The summed E-state index contributed by atoms with van der Waals surface area (Å²) in [7, 11) is 1.59. The van der Waals surface area contributed by atoms with Crippen molar-refractivity contribution in [3.63, 3.8) is 0 Å². The molecule has 0 spiro atoms. The smallest absolute Gasteiger partial charge is 0.231 e. The number of methoxy groups -OCH3 is 1. The molecule has 0 aromatic heterocycles. The molecule has 4 heterocycles. The van der Waals surface area contributed by atoms with E-state index >= 15 is 0 Å². The lowest BCUT2D eigenvalue weighted by molar-refractivity contribution is -0.0734. The number of halogens is 1. The fraction of sp³-hybridized carbons (Fsp3) is 0.306. The van der Waals surface area contributed by atoms with Crippen LogP contribution in [-0.4, -0.2) is 53.8 Å². The van der Waals surface area contributed by atoms with Gasteiger partial charge in [0.2, 0.25) is 6.79 Å². The number of rotatable bonds is 7. The monoisotopic (exact) mass is 667 g/mol. The molecule has 1 saturated heterocycles. The number of hydrogen-bond donors (Lipinski definition) is 1. The van der Waals surface area contributed by atoms with Crippen LogP contribution in [0, 0.1) is 0 Å². The van der Waals surface area contributed by atoms with E-state index in [2.05, 4.69) is 62.1 Å². The lowest BCUT2D eigenvalue weighted by Gasteiger charge is -2.44. The van der Waals surface area contributed by atoms with Crippen LogP contribution in [0.3, 0.4) is 0 Å². The Bertz CT molecular complexity index is 1760. The maximum absolute atomic E-state index is 11.0. The lowest BCUT2D eigenvalue weighted by Crippen LogP contribution is -2.47. The van der Waals surface area contributed by atoms with Crippen molar-refractivity contribution < 1.29 is 24.2 Å². The van der Waals surface area contributed by atoms with E-state index in [0.717, 1.165) is 69.1 Å². The standard InChI is InChI=1S/C36H34BrN3O5/c1-42-30-17-27-26(16-29(30)41)33-34(23-7-3-2-4-8-23)38-45-36(33)40(20-25-15-31-32(18-28(25)37)44-21-43-31)35(27)24-11-9-22(10-12-24)19-39-13-5-6-14-39/h2-4,7-12,15-18,33,35-36,41H,5-6,13-14,19-21H2,1H3/t33-,35+,36+/m0/s1.